The quantitative estimate of drug-likeness (QED) is 0.783. The fraction of sp³-hybridized carbons (Fsp3) is 0.333. The Morgan fingerprint density at radius 2 is 2.30 bits per heavy atom. The minimum Gasteiger partial charge on any atom is -0.326 e. The molecule has 0 spiro atoms. The highest BCUT2D eigenvalue weighted by atomic mass is 32.1. The van der Waals surface area contributed by atoms with Crippen LogP contribution >= 0.6 is 11.3 Å². The molecule has 0 unspecified atom stereocenters. The second-order valence-corrected chi connectivity index (χ2v) is 6.01. The number of aromatic nitrogens is 3. The molecule has 102 valence electrons. The molecule has 3 aromatic rings. The molecule has 3 heterocycles. The van der Waals surface area contributed by atoms with Crippen LogP contribution < -0.4 is 5.32 Å². The summed E-state index contributed by atoms with van der Waals surface area (Å²) in [5.41, 5.74) is 5.35. The first-order valence-corrected chi connectivity index (χ1v) is 7.87. The Morgan fingerprint density at radius 3 is 3.10 bits per heavy atom. The van der Waals surface area contributed by atoms with Crippen LogP contribution in [0.4, 0.5) is 0 Å². The number of hydrogen-bond donors (Lipinski definition) is 1. The fourth-order valence-electron chi connectivity index (χ4n) is 2.49. The van der Waals surface area contributed by atoms with E-state index in [1.807, 2.05) is 17.8 Å². The van der Waals surface area contributed by atoms with E-state index in [0.29, 0.717) is 0 Å². The zero-order valence-electron chi connectivity index (χ0n) is 11.1. The van der Waals surface area contributed by atoms with E-state index in [1.54, 1.807) is 11.3 Å². The third-order valence-corrected chi connectivity index (χ3v) is 4.33. The molecule has 1 saturated carbocycles. The summed E-state index contributed by atoms with van der Waals surface area (Å²) in [5, 5.41) is 6.92. The highest BCUT2D eigenvalue weighted by Gasteiger charge is 2.21. The number of thiazole rings is 1. The van der Waals surface area contributed by atoms with E-state index in [4.69, 9.17) is 0 Å². The molecule has 0 aromatic carbocycles. The van der Waals surface area contributed by atoms with Crippen molar-refractivity contribution in [3.8, 4) is 0 Å². The van der Waals surface area contributed by atoms with Crippen LogP contribution in [0, 0.1) is 0 Å². The van der Waals surface area contributed by atoms with Crippen LogP contribution in [0.25, 0.3) is 11.0 Å². The molecule has 0 aliphatic heterocycles. The van der Waals surface area contributed by atoms with E-state index in [2.05, 4.69) is 37.5 Å². The van der Waals surface area contributed by atoms with Crippen molar-refractivity contribution < 1.29 is 0 Å². The second kappa shape index (κ2) is 5.00. The highest BCUT2D eigenvalue weighted by molar-refractivity contribution is 7.07. The molecule has 1 N–H and O–H groups in total. The molecule has 0 bridgehead atoms. The van der Waals surface area contributed by atoms with Crippen LogP contribution in [0.2, 0.25) is 0 Å². The monoisotopic (exact) mass is 284 g/mol. The molecular formula is C15H16N4S. The number of rotatable bonds is 5. The van der Waals surface area contributed by atoms with Crippen LogP contribution in [0.15, 0.2) is 35.4 Å². The van der Waals surface area contributed by atoms with E-state index in [1.165, 1.54) is 23.8 Å². The number of nitrogens with one attached hydrogen (secondary N) is 1. The van der Waals surface area contributed by atoms with Gasteiger partial charge in [0.25, 0.3) is 0 Å². The molecule has 4 nitrogen and oxygen atoms in total. The molecule has 0 radical (unpaired) electrons. The lowest BCUT2D eigenvalue weighted by Crippen LogP contribution is -2.14. The van der Waals surface area contributed by atoms with Crippen LogP contribution in [0.1, 0.15) is 24.1 Å². The summed E-state index contributed by atoms with van der Waals surface area (Å²) in [4.78, 5) is 8.90. The number of nitrogens with zero attached hydrogens (tertiary/aromatic N) is 3. The predicted molar refractivity (Wildman–Crippen MR) is 80.8 cm³/mol. The number of hydrogen-bond acceptors (Lipinski definition) is 4. The number of pyridine rings is 1. The third kappa shape index (κ3) is 2.34. The van der Waals surface area contributed by atoms with Crippen LogP contribution in [0.3, 0.4) is 0 Å². The van der Waals surface area contributed by atoms with E-state index in [-0.39, 0.29) is 0 Å². The summed E-state index contributed by atoms with van der Waals surface area (Å²) < 4.78 is 2.20. The van der Waals surface area contributed by atoms with Gasteiger partial charge in [-0.1, -0.05) is 0 Å². The average molecular weight is 284 g/mol. The molecule has 3 aromatic heterocycles. The molecule has 0 saturated heterocycles. The minimum absolute atomic E-state index is 0.726. The van der Waals surface area contributed by atoms with Crippen molar-refractivity contribution in [1.29, 1.82) is 0 Å². The van der Waals surface area contributed by atoms with Gasteiger partial charge in [-0.25, -0.2) is 9.97 Å². The first kappa shape index (κ1) is 12.1. The molecule has 4 rings (SSSR count). The SMILES string of the molecule is c1cnc2c(c1)c(CNC1CC1)cn2Cc1cscn1. The maximum Gasteiger partial charge on any atom is 0.140 e. The van der Waals surface area contributed by atoms with Gasteiger partial charge in [-0.05, 0) is 30.5 Å². The maximum atomic E-state index is 4.54. The van der Waals surface area contributed by atoms with Gasteiger partial charge in [0.15, 0.2) is 0 Å². The van der Waals surface area contributed by atoms with Crippen molar-refractivity contribution >= 4 is 22.4 Å². The zero-order valence-corrected chi connectivity index (χ0v) is 11.9. The summed E-state index contributed by atoms with van der Waals surface area (Å²) in [5.74, 6) is 0. The Labute approximate surface area is 121 Å². The van der Waals surface area contributed by atoms with Gasteiger partial charge < -0.3 is 9.88 Å². The topological polar surface area (TPSA) is 42.7 Å². The van der Waals surface area contributed by atoms with Gasteiger partial charge in [-0.2, -0.15) is 0 Å². The highest BCUT2D eigenvalue weighted by Crippen LogP contribution is 2.23. The van der Waals surface area contributed by atoms with Crippen molar-refractivity contribution in [1.82, 2.24) is 19.9 Å². The van der Waals surface area contributed by atoms with E-state index in [9.17, 15) is 0 Å². The van der Waals surface area contributed by atoms with Gasteiger partial charge in [-0.15, -0.1) is 11.3 Å². The standard InChI is InChI=1S/C15H16N4S/c1-2-14-11(6-17-12-3-4-12)7-19(15(14)16-5-1)8-13-9-20-10-18-13/h1-2,5,7,9-10,12,17H,3-4,6,8H2. The van der Waals surface area contributed by atoms with Gasteiger partial charge in [0, 0.05) is 35.7 Å². The molecule has 5 heteroatoms. The van der Waals surface area contributed by atoms with E-state index in [0.717, 1.165) is 30.5 Å². The summed E-state index contributed by atoms with van der Waals surface area (Å²) >= 11 is 1.64. The van der Waals surface area contributed by atoms with Crippen LogP contribution in [-0.2, 0) is 13.1 Å². The normalized spacial score (nSPS) is 15.0. The molecular weight excluding hydrogens is 268 g/mol. The lowest BCUT2D eigenvalue weighted by molar-refractivity contribution is 0.686. The summed E-state index contributed by atoms with van der Waals surface area (Å²) in [7, 11) is 0. The van der Waals surface area contributed by atoms with Crippen molar-refractivity contribution in [3.05, 3.63) is 46.7 Å². The molecule has 1 aliphatic carbocycles. The molecule has 0 atom stereocenters. The summed E-state index contributed by atoms with van der Waals surface area (Å²) in [6.07, 6.45) is 6.70. The lowest BCUT2D eigenvalue weighted by atomic mass is 10.2. The van der Waals surface area contributed by atoms with Gasteiger partial charge in [0.05, 0.1) is 17.7 Å². The Kier molecular flexibility index (Phi) is 3.01. The van der Waals surface area contributed by atoms with Crippen LogP contribution in [-0.4, -0.2) is 20.6 Å². The van der Waals surface area contributed by atoms with E-state index < -0.39 is 0 Å². The first-order chi connectivity index (χ1) is 9.90. The largest absolute Gasteiger partial charge is 0.326 e. The molecule has 0 amide bonds. The fourth-order valence-corrected chi connectivity index (χ4v) is 3.04. The van der Waals surface area contributed by atoms with Crippen molar-refractivity contribution in [2.24, 2.45) is 0 Å². The molecule has 20 heavy (non-hydrogen) atoms. The van der Waals surface area contributed by atoms with Gasteiger partial charge >= 0.3 is 0 Å². The second-order valence-electron chi connectivity index (χ2n) is 5.29. The zero-order chi connectivity index (χ0) is 13.4. The Bertz CT molecular complexity index is 713. The number of fused-ring (bicyclic) bond motifs is 1. The van der Waals surface area contributed by atoms with Gasteiger partial charge in [-0.3, -0.25) is 0 Å². The molecule has 1 aliphatic rings. The average Bonchev–Trinajstić information content (AvgIpc) is 3.05. The van der Waals surface area contributed by atoms with Crippen molar-refractivity contribution in [3.63, 3.8) is 0 Å². The maximum absolute atomic E-state index is 4.54. The third-order valence-electron chi connectivity index (χ3n) is 3.69. The van der Waals surface area contributed by atoms with Gasteiger partial charge in [0.1, 0.15) is 5.65 Å². The molecule has 1 fully saturated rings. The predicted octanol–water partition coefficient (Wildman–Crippen LogP) is 2.79. The lowest BCUT2D eigenvalue weighted by Gasteiger charge is -2.01. The van der Waals surface area contributed by atoms with Crippen molar-refractivity contribution in [2.45, 2.75) is 32.0 Å². The first-order valence-electron chi connectivity index (χ1n) is 6.93. The van der Waals surface area contributed by atoms with Crippen molar-refractivity contribution in [2.75, 3.05) is 0 Å². The van der Waals surface area contributed by atoms with Gasteiger partial charge in [0.2, 0.25) is 0 Å². The minimum atomic E-state index is 0.726. The van der Waals surface area contributed by atoms with Crippen LogP contribution in [0.5, 0.6) is 0 Å². The van der Waals surface area contributed by atoms with E-state index >= 15 is 0 Å². The Hall–Kier alpha value is -1.72. The Balaban J connectivity index is 1.68. The Morgan fingerprint density at radius 1 is 1.35 bits per heavy atom. The smallest absolute Gasteiger partial charge is 0.140 e. The summed E-state index contributed by atoms with van der Waals surface area (Å²) in [6.45, 7) is 1.72. The summed E-state index contributed by atoms with van der Waals surface area (Å²) in [6, 6.07) is 4.89.